The summed E-state index contributed by atoms with van der Waals surface area (Å²) in [7, 11) is -4.34. The topological polar surface area (TPSA) is 103 Å². The van der Waals surface area contributed by atoms with Crippen LogP contribution in [0.2, 0.25) is 25.7 Å². The van der Waals surface area contributed by atoms with E-state index in [2.05, 4.69) is 29.9 Å². The molecule has 32 heavy (non-hydrogen) atoms. The van der Waals surface area contributed by atoms with E-state index >= 15 is 0 Å². The fourth-order valence-corrected chi connectivity index (χ4v) is 5.90. The highest BCUT2D eigenvalue weighted by Gasteiger charge is 2.28. The predicted molar refractivity (Wildman–Crippen MR) is 129 cm³/mol. The standard InChI is InChI=1S/C22H36N4O4SSi/c1-22(2,14-31(3,28)29)13-24-21(27)17-12-26(15-30-9-10-32(4,5)6)20-19(17)25-18(11-23-20)16-7-8-16/h11-12,16H,7-10,13-15H2,1-6H3,(H,24,27). The zero-order valence-corrected chi connectivity index (χ0v) is 21.9. The maximum absolute atomic E-state index is 13.1. The fraction of sp³-hybridized carbons (Fsp3) is 0.682. The van der Waals surface area contributed by atoms with Crippen molar-refractivity contribution >= 4 is 35.0 Å². The number of carbonyl (C=O) groups is 1. The van der Waals surface area contributed by atoms with E-state index in [4.69, 9.17) is 9.72 Å². The Bertz CT molecular complexity index is 1090. The van der Waals surface area contributed by atoms with Crippen molar-refractivity contribution in [2.75, 3.05) is 25.2 Å². The number of aromatic nitrogens is 3. The Hall–Kier alpha value is -1.78. The number of carbonyl (C=O) groups excluding carboxylic acids is 1. The van der Waals surface area contributed by atoms with E-state index in [0.29, 0.717) is 36.0 Å². The molecule has 2 heterocycles. The van der Waals surface area contributed by atoms with Crippen molar-refractivity contribution < 1.29 is 17.9 Å². The molecule has 0 saturated heterocycles. The third-order valence-electron chi connectivity index (χ3n) is 5.43. The Morgan fingerprint density at radius 3 is 2.59 bits per heavy atom. The van der Waals surface area contributed by atoms with Gasteiger partial charge < -0.3 is 14.6 Å². The first-order valence-corrected chi connectivity index (χ1v) is 16.9. The van der Waals surface area contributed by atoms with E-state index in [0.717, 1.165) is 24.6 Å². The first-order valence-electron chi connectivity index (χ1n) is 11.1. The molecule has 8 nitrogen and oxygen atoms in total. The van der Waals surface area contributed by atoms with Crippen molar-refractivity contribution in [3.63, 3.8) is 0 Å². The summed E-state index contributed by atoms with van der Waals surface area (Å²) in [6.07, 6.45) is 6.95. The van der Waals surface area contributed by atoms with Crippen LogP contribution >= 0.6 is 0 Å². The minimum Gasteiger partial charge on any atom is -0.361 e. The number of amides is 1. The highest BCUT2D eigenvalue weighted by atomic mass is 32.2. The first kappa shape index (κ1) is 24.9. The summed E-state index contributed by atoms with van der Waals surface area (Å²) in [6, 6.07) is 1.06. The normalized spacial score (nSPS) is 15.3. The molecule has 1 N–H and O–H groups in total. The van der Waals surface area contributed by atoms with Crippen molar-refractivity contribution in [3.8, 4) is 0 Å². The van der Waals surface area contributed by atoms with Crippen LogP contribution in [-0.4, -0.2) is 62.1 Å². The van der Waals surface area contributed by atoms with Gasteiger partial charge in [0.15, 0.2) is 5.65 Å². The van der Waals surface area contributed by atoms with E-state index in [1.54, 1.807) is 12.4 Å². The van der Waals surface area contributed by atoms with Crippen molar-refractivity contribution in [3.05, 3.63) is 23.7 Å². The zero-order chi connectivity index (χ0) is 23.7. The molecule has 1 fully saturated rings. The second-order valence-corrected chi connectivity index (χ2v) is 18.8. The minimum absolute atomic E-state index is 0.00139. The van der Waals surface area contributed by atoms with Crippen LogP contribution in [0, 0.1) is 5.41 Å². The number of ether oxygens (including phenoxy) is 1. The first-order chi connectivity index (χ1) is 14.7. The number of rotatable bonds is 11. The molecular formula is C22H36N4O4SSi. The molecule has 0 spiro atoms. The summed E-state index contributed by atoms with van der Waals surface area (Å²) in [4.78, 5) is 22.4. The molecule has 3 rings (SSSR count). The van der Waals surface area contributed by atoms with E-state index in [1.165, 1.54) is 6.26 Å². The van der Waals surface area contributed by atoms with Gasteiger partial charge in [-0.1, -0.05) is 33.5 Å². The maximum atomic E-state index is 13.1. The fourth-order valence-electron chi connectivity index (χ4n) is 3.62. The van der Waals surface area contributed by atoms with E-state index in [1.807, 2.05) is 18.4 Å². The second-order valence-electron chi connectivity index (χ2n) is 11.0. The Labute approximate surface area is 192 Å². The molecule has 0 unspecified atom stereocenters. The van der Waals surface area contributed by atoms with Crippen LogP contribution in [0.25, 0.3) is 11.2 Å². The quantitative estimate of drug-likeness (QED) is 0.390. The van der Waals surface area contributed by atoms with Gasteiger partial charge in [0, 0.05) is 39.6 Å². The van der Waals surface area contributed by atoms with Gasteiger partial charge in [-0.05, 0) is 24.3 Å². The van der Waals surface area contributed by atoms with Gasteiger partial charge in [0.2, 0.25) is 0 Å². The van der Waals surface area contributed by atoms with Gasteiger partial charge >= 0.3 is 0 Å². The van der Waals surface area contributed by atoms with Crippen molar-refractivity contribution in [2.24, 2.45) is 5.41 Å². The lowest BCUT2D eigenvalue weighted by Gasteiger charge is -2.23. The molecule has 1 saturated carbocycles. The second kappa shape index (κ2) is 9.22. The lowest BCUT2D eigenvalue weighted by atomic mass is 9.96. The summed E-state index contributed by atoms with van der Waals surface area (Å²) in [5.41, 5.74) is 1.98. The number of sulfone groups is 1. The Balaban J connectivity index is 1.79. The summed E-state index contributed by atoms with van der Waals surface area (Å²) >= 11 is 0. The number of hydrogen-bond donors (Lipinski definition) is 1. The molecule has 1 aliphatic rings. The summed E-state index contributed by atoms with van der Waals surface area (Å²) in [5, 5.41) is 2.90. The maximum Gasteiger partial charge on any atom is 0.255 e. The van der Waals surface area contributed by atoms with Gasteiger partial charge in [-0.3, -0.25) is 4.79 Å². The molecule has 2 aromatic heterocycles. The Morgan fingerprint density at radius 2 is 2.00 bits per heavy atom. The van der Waals surface area contributed by atoms with Crippen LogP contribution in [0.1, 0.15) is 48.7 Å². The van der Waals surface area contributed by atoms with Gasteiger partial charge in [0.1, 0.15) is 22.1 Å². The van der Waals surface area contributed by atoms with E-state index < -0.39 is 23.3 Å². The summed E-state index contributed by atoms with van der Waals surface area (Å²) < 4.78 is 31.1. The molecule has 0 atom stereocenters. The van der Waals surface area contributed by atoms with Crippen molar-refractivity contribution in [1.29, 1.82) is 0 Å². The lowest BCUT2D eigenvalue weighted by Crippen LogP contribution is -2.38. The molecule has 178 valence electrons. The average Bonchev–Trinajstić information content (AvgIpc) is 3.43. The average molecular weight is 481 g/mol. The van der Waals surface area contributed by atoms with Crippen molar-refractivity contribution in [2.45, 2.75) is 65.0 Å². The molecule has 1 amide bonds. The van der Waals surface area contributed by atoms with Crippen LogP contribution in [0.4, 0.5) is 0 Å². The molecule has 0 radical (unpaired) electrons. The zero-order valence-electron chi connectivity index (χ0n) is 20.1. The summed E-state index contributed by atoms with van der Waals surface area (Å²) in [6.45, 7) is 11.8. The minimum atomic E-state index is -3.15. The Morgan fingerprint density at radius 1 is 1.31 bits per heavy atom. The molecular weight excluding hydrogens is 444 g/mol. The van der Waals surface area contributed by atoms with Crippen LogP contribution in [0.3, 0.4) is 0 Å². The van der Waals surface area contributed by atoms with Gasteiger partial charge in [0.05, 0.1) is 23.2 Å². The highest BCUT2D eigenvalue weighted by Crippen LogP contribution is 2.39. The number of hydrogen-bond acceptors (Lipinski definition) is 6. The van der Waals surface area contributed by atoms with Crippen LogP contribution in [-0.2, 0) is 21.3 Å². The van der Waals surface area contributed by atoms with Gasteiger partial charge in [-0.25, -0.2) is 18.4 Å². The van der Waals surface area contributed by atoms with E-state index in [-0.39, 0.29) is 18.2 Å². The largest absolute Gasteiger partial charge is 0.361 e. The molecule has 0 bridgehead atoms. The SMILES string of the molecule is CC(C)(CNC(=O)c1cn(COCC[Si](C)(C)C)c2ncc(C3CC3)nc12)CS(C)(=O)=O. The molecule has 10 heteroatoms. The number of nitrogens with one attached hydrogen (secondary N) is 1. The smallest absolute Gasteiger partial charge is 0.255 e. The highest BCUT2D eigenvalue weighted by molar-refractivity contribution is 7.90. The molecule has 0 aliphatic heterocycles. The predicted octanol–water partition coefficient (Wildman–Crippen LogP) is 3.42. The van der Waals surface area contributed by atoms with Crippen molar-refractivity contribution in [1.82, 2.24) is 19.9 Å². The van der Waals surface area contributed by atoms with Gasteiger partial charge in [0.25, 0.3) is 5.91 Å². The number of fused-ring (bicyclic) bond motifs is 1. The van der Waals surface area contributed by atoms with Crippen LogP contribution in [0.5, 0.6) is 0 Å². The Kier molecular flexibility index (Phi) is 7.16. The van der Waals surface area contributed by atoms with E-state index in [9.17, 15) is 13.2 Å². The number of nitrogens with zero attached hydrogens (tertiary/aromatic N) is 3. The monoisotopic (exact) mass is 480 g/mol. The van der Waals surface area contributed by atoms with Gasteiger partial charge in [-0.15, -0.1) is 0 Å². The molecule has 0 aromatic carbocycles. The third kappa shape index (κ3) is 7.11. The molecule has 1 aliphatic carbocycles. The molecule has 2 aromatic rings. The van der Waals surface area contributed by atoms with Crippen LogP contribution < -0.4 is 5.32 Å². The third-order valence-corrected chi connectivity index (χ3v) is 8.44. The van der Waals surface area contributed by atoms with Gasteiger partial charge in [-0.2, -0.15) is 0 Å². The van der Waals surface area contributed by atoms with Crippen LogP contribution in [0.15, 0.2) is 12.4 Å². The lowest BCUT2D eigenvalue weighted by molar-refractivity contribution is 0.0890. The summed E-state index contributed by atoms with van der Waals surface area (Å²) in [5.74, 6) is 0.144.